The second-order valence-electron chi connectivity index (χ2n) is 5.67. The molecule has 115 valence electrons. The van der Waals surface area contributed by atoms with Crippen molar-refractivity contribution < 1.29 is 1.37 Å². The van der Waals surface area contributed by atoms with Gasteiger partial charge in [-0.05, 0) is 72.9 Å². The van der Waals surface area contributed by atoms with E-state index in [0.717, 1.165) is 39.9 Å². The van der Waals surface area contributed by atoms with Crippen molar-refractivity contribution in [1.82, 2.24) is 0 Å². The first kappa shape index (κ1) is 14.8. The second kappa shape index (κ2) is 6.41. The van der Waals surface area contributed by atoms with Crippen LogP contribution >= 0.6 is 0 Å². The van der Waals surface area contributed by atoms with Gasteiger partial charge in [-0.15, -0.1) is 0 Å². The van der Waals surface area contributed by atoms with E-state index < -0.39 is 0 Å². The maximum absolute atomic E-state index is 8.11. The molecule has 0 aromatic carbocycles. The summed E-state index contributed by atoms with van der Waals surface area (Å²) in [5, 5.41) is 0. The van der Waals surface area contributed by atoms with E-state index in [1.807, 2.05) is 60.8 Å². The molecule has 0 aromatic rings. The van der Waals surface area contributed by atoms with Gasteiger partial charge in [-0.25, -0.2) is 20.0 Å². The standard InChI is InChI=1S/C20H12N4.In/c1-2-14-10-16-5-6-18(23-16)12-20-8-7-19(24-20)11-17-4-3-15(22-17)9-13(1)21-14;/h1-12H;/i1D;. The minimum Gasteiger partial charge on any atom is -0.249 e. The SMILES string of the molecule is [2H]C1=CC2=CC3=NC(=CC4=NC(=CC5=NC(=CC1=N2)C=C5)C=C4)C=C3.[In]. The molecule has 0 saturated carbocycles. The monoisotopic (exact) mass is 424 g/mol. The molecular formula is C20H12InN4. The molecule has 5 heterocycles. The van der Waals surface area contributed by atoms with E-state index in [-0.39, 0.29) is 25.8 Å². The molecule has 0 amide bonds. The predicted molar refractivity (Wildman–Crippen MR) is 104 cm³/mol. The molecule has 4 nitrogen and oxygen atoms in total. The summed E-state index contributed by atoms with van der Waals surface area (Å²) in [5.41, 5.74) is 6.33. The Morgan fingerprint density at radius 1 is 0.480 bits per heavy atom. The van der Waals surface area contributed by atoms with Crippen LogP contribution in [0.4, 0.5) is 0 Å². The topological polar surface area (TPSA) is 49.4 Å². The fraction of sp³-hybridized carbons (Fsp3) is 0. The molecule has 0 fully saturated rings. The average Bonchev–Trinajstić information content (AvgIpc) is 3.33. The van der Waals surface area contributed by atoms with Gasteiger partial charge < -0.3 is 0 Å². The molecule has 0 spiro atoms. The largest absolute Gasteiger partial charge is 0.249 e. The van der Waals surface area contributed by atoms with Crippen molar-refractivity contribution in [1.29, 1.82) is 0 Å². The Morgan fingerprint density at radius 3 is 1.32 bits per heavy atom. The van der Waals surface area contributed by atoms with Crippen molar-refractivity contribution in [3.63, 3.8) is 0 Å². The summed E-state index contributed by atoms with van der Waals surface area (Å²) in [6.07, 6.45) is 21.0. The number of rotatable bonds is 0. The summed E-state index contributed by atoms with van der Waals surface area (Å²) in [6, 6.07) is 0.379. The molecule has 8 bridgehead atoms. The van der Waals surface area contributed by atoms with Gasteiger partial charge in [-0.1, -0.05) is 0 Å². The van der Waals surface area contributed by atoms with Crippen LogP contribution in [0.3, 0.4) is 0 Å². The number of aliphatic imine (C=N–C) groups is 4. The third-order valence-corrected chi connectivity index (χ3v) is 3.84. The Bertz CT molecular complexity index is 1080. The first-order valence-electron chi connectivity index (χ1n) is 8.16. The van der Waals surface area contributed by atoms with E-state index in [4.69, 9.17) is 1.37 Å². The number of nitrogens with zero attached hydrogens (tertiary/aromatic N) is 4. The maximum Gasteiger partial charge on any atom is 0.0659 e. The smallest absolute Gasteiger partial charge is 0.0659 e. The van der Waals surface area contributed by atoms with E-state index in [9.17, 15) is 0 Å². The number of hydrogen-bond donors (Lipinski definition) is 0. The van der Waals surface area contributed by atoms with Crippen molar-refractivity contribution >= 4 is 48.7 Å². The fourth-order valence-corrected chi connectivity index (χ4v) is 2.76. The van der Waals surface area contributed by atoms with Crippen LogP contribution in [0.25, 0.3) is 0 Å². The molecule has 0 unspecified atom stereocenters. The van der Waals surface area contributed by atoms with E-state index in [1.54, 1.807) is 6.08 Å². The summed E-state index contributed by atoms with van der Waals surface area (Å²) in [7, 11) is 0. The molecule has 5 heteroatoms. The van der Waals surface area contributed by atoms with Crippen LogP contribution < -0.4 is 0 Å². The average molecular weight is 424 g/mol. The summed E-state index contributed by atoms with van der Waals surface area (Å²) >= 11 is 0. The molecule has 0 N–H and O–H groups in total. The van der Waals surface area contributed by atoms with Crippen LogP contribution in [-0.4, -0.2) is 48.7 Å². The first-order valence-corrected chi connectivity index (χ1v) is 7.66. The summed E-state index contributed by atoms with van der Waals surface area (Å²) in [4.78, 5) is 18.2. The molecule has 5 aliphatic heterocycles. The summed E-state index contributed by atoms with van der Waals surface area (Å²) in [6.45, 7) is 0. The van der Waals surface area contributed by atoms with Crippen LogP contribution in [0.5, 0.6) is 0 Å². The van der Waals surface area contributed by atoms with Gasteiger partial charge in [0.05, 0.1) is 47.0 Å². The van der Waals surface area contributed by atoms with Crippen LogP contribution in [0, 0.1) is 0 Å². The van der Waals surface area contributed by atoms with Crippen LogP contribution in [0.2, 0.25) is 0 Å². The van der Waals surface area contributed by atoms with Crippen LogP contribution in [0.15, 0.2) is 116 Å². The molecule has 0 aliphatic carbocycles. The maximum atomic E-state index is 8.11. The van der Waals surface area contributed by atoms with Crippen molar-refractivity contribution in [3.05, 3.63) is 95.7 Å². The van der Waals surface area contributed by atoms with Gasteiger partial charge in [0.25, 0.3) is 0 Å². The summed E-state index contributed by atoms with van der Waals surface area (Å²) < 4.78 is 8.11. The zero-order valence-electron chi connectivity index (χ0n) is 14.2. The quantitative estimate of drug-likeness (QED) is 0.574. The van der Waals surface area contributed by atoms with Gasteiger partial charge in [-0.3, -0.25) is 0 Å². The molecule has 0 atom stereocenters. The number of fused-ring (bicyclic) bond motifs is 4. The van der Waals surface area contributed by atoms with E-state index in [0.29, 0.717) is 11.8 Å². The van der Waals surface area contributed by atoms with E-state index >= 15 is 0 Å². The van der Waals surface area contributed by atoms with E-state index in [2.05, 4.69) is 20.0 Å². The van der Waals surface area contributed by atoms with Crippen molar-refractivity contribution in [2.24, 2.45) is 20.0 Å². The van der Waals surface area contributed by atoms with Crippen molar-refractivity contribution in [3.8, 4) is 0 Å². The van der Waals surface area contributed by atoms with Gasteiger partial charge in [-0.2, -0.15) is 0 Å². The zero-order valence-corrected chi connectivity index (χ0v) is 16.5. The Kier molecular flexibility index (Phi) is 3.79. The minimum atomic E-state index is 0. The number of allylic oxidation sites excluding steroid dienone is 12. The molecule has 5 aliphatic rings. The Morgan fingerprint density at radius 2 is 0.840 bits per heavy atom. The Hall–Kier alpha value is -2.53. The van der Waals surface area contributed by atoms with Gasteiger partial charge in [0, 0.05) is 25.8 Å². The Labute approximate surface area is 165 Å². The molecule has 3 radical (unpaired) electrons. The fourth-order valence-electron chi connectivity index (χ4n) is 2.76. The summed E-state index contributed by atoms with van der Waals surface area (Å²) in [5.74, 6) is 0. The third kappa shape index (κ3) is 3.33. The zero-order chi connectivity index (χ0) is 16.8. The van der Waals surface area contributed by atoms with Gasteiger partial charge in [0.2, 0.25) is 0 Å². The minimum absolute atomic E-state index is 0. The van der Waals surface area contributed by atoms with Crippen molar-refractivity contribution in [2.45, 2.75) is 0 Å². The molecule has 5 rings (SSSR count). The van der Waals surface area contributed by atoms with Gasteiger partial charge in [0.1, 0.15) is 0 Å². The molecule has 0 aromatic heterocycles. The Balaban J connectivity index is 0.00000168. The first-order chi connectivity index (χ1) is 12.2. The normalized spacial score (nSPS) is 22.7. The van der Waals surface area contributed by atoms with Crippen LogP contribution in [0.1, 0.15) is 1.37 Å². The molecular weight excluding hydrogens is 411 g/mol. The predicted octanol–water partition coefficient (Wildman–Crippen LogP) is 3.20. The van der Waals surface area contributed by atoms with Crippen LogP contribution in [-0.2, 0) is 0 Å². The van der Waals surface area contributed by atoms with Gasteiger partial charge in [0.15, 0.2) is 0 Å². The second-order valence-corrected chi connectivity index (χ2v) is 5.67. The number of hydrogen-bond acceptors (Lipinski definition) is 4. The van der Waals surface area contributed by atoms with E-state index in [1.165, 1.54) is 0 Å². The molecule has 0 saturated heterocycles. The van der Waals surface area contributed by atoms with Gasteiger partial charge >= 0.3 is 0 Å². The third-order valence-electron chi connectivity index (χ3n) is 3.84. The van der Waals surface area contributed by atoms with Crippen molar-refractivity contribution in [2.75, 3.05) is 0 Å². The molecule has 25 heavy (non-hydrogen) atoms.